The van der Waals surface area contributed by atoms with Crippen molar-refractivity contribution in [1.82, 2.24) is 0 Å². The molecule has 82 valence electrons. The lowest BCUT2D eigenvalue weighted by molar-refractivity contribution is 0.174. The van der Waals surface area contributed by atoms with Crippen LogP contribution >= 0.6 is 11.6 Å². The summed E-state index contributed by atoms with van der Waals surface area (Å²) in [4.78, 5) is 0. The van der Waals surface area contributed by atoms with Crippen molar-refractivity contribution in [2.75, 3.05) is 6.79 Å². The Morgan fingerprint density at radius 3 is 2.73 bits per heavy atom. The predicted molar refractivity (Wildman–Crippen MR) is 56.5 cm³/mol. The van der Waals surface area contributed by atoms with Gasteiger partial charge in [0.2, 0.25) is 6.79 Å². The number of nitrogens with two attached hydrogens (primary N) is 1. The number of phenols is 1. The quantitative estimate of drug-likeness (QED) is 0.773. The molecule has 0 saturated heterocycles. The maximum absolute atomic E-state index is 9.85. The topological polar surface area (TPSA) is 64.7 Å². The van der Waals surface area contributed by atoms with Gasteiger partial charge in [-0.1, -0.05) is 11.6 Å². The summed E-state index contributed by atoms with van der Waals surface area (Å²) in [5, 5.41) is 10.0. The second kappa shape index (κ2) is 3.18. The van der Waals surface area contributed by atoms with Crippen LogP contribution < -0.4 is 15.2 Å². The minimum absolute atomic E-state index is 0.0478. The smallest absolute Gasteiger partial charge is 0.231 e. The van der Waals surface area contributed by atoms with Gasteiger partial charge in [0.1, 0.15) is 10.8 Å². The zero-order valence-electron chi connectivity index (χ0n) is 8.50. The van der Waals surface area contributed by atoms with Gasteiger partial charge in [0, 0.05) is 11.1 Å². The lowest BCUT2D eigenvalue weighted by atomic mass is 9.94. The van der Waals surface area contributed by atoms with Gasteiger partial charge < -0.3 is 20.3 Å². The lowest BCUT2D eigenvalue weighted by Crippen LogP contribution is -2.28. The SMILES string of the molecule is CC(C)(N)c1cc2c(c(Cl)c1O)OCO2. The molecular weight excluding hydrogens is 218 g/mol. The van der Waals surface area contributed by atoms with Crippen molar-refractivity contribution in [2.24, 2.45) is 5.73 Å². The lowest BCUT2D eigenvalue weighted by Gasteiger charge is -2.21. The largest absolute Gasteiger partial charge is 0.506 e. The van der Waals surface area contributed by atoms with Crippen LogP contribution in [0.3, 0.4) is 0 Å². The Morgan fingerprint density at radius 1 is 1.47 bits per heavy atom. The van der Waals surface area contributed by atoms with Crippen LogP contribution in [0.15, 0.2) is 6.07 Å². The zero-order chi connectivity index (χ0) is 11.2. The summed E-state index contributed by atoms with van der Waals surface area (Å²) in [5.41, 5.74) is 5.76. The van der Waals surface area contributed by atoms with Gasteiger partial charge >= 0.3 is 0 Å². The van der Waals surface area contributed by atoms with Crippen LogP contribution in [-0.4, -0.2) is 11.9 Å². The van der Waals surface area contributed by atoms with E-state index in [4.69, 9.17) is 26.8 Å². The number of ether oxygens (including phenoxy) is 2. The van der Waals surface area contributed by atoms with E-state index >= 15 is 0 Å². The van der Waals surface area contributed by atoms with Gasteiger partial charge in [-0.15, -0.1) is 0 Å². The highest BCUT2D eigenvalue weighted by Crippen LogP contribution is 2.48. The number of aromatic hydroxyl groups is 1. The third-order valence-electron chi connectivity index (χ3n) is 2.27. The fraction of sp³-hybridized carbons (Fsp3) is 0.400. The van der Waals surface area contributed by atoms with Crippen LogP contribution in [0, 0.1) is 0 Å². The first-order valence-electron chi connectivity index (χ1n) is 4.51. The number of hydrogen-bond acceptors (Lipinski definition) is 4. The Kier molecular flexibility index (Phi) is 2.20. The van der Waals surface area contributed by atoms with Crippen LogP contribution in [0.2, 0.25) is 5.02 Å². The molecule has 0 saturated carbocycles. The summed E-state index contributed by atoms with van der Waals surface area (Å²) in [6, 6.07) is 1.66. The first kappa shape index (κ1) is 10.4. The van der Waals surface area contributed by atoms with Gasteiger partial charge in [-0.25, -0.2) is 0 Å². The Labute approximate surface area is 92.5 Å². The van der Waals surface area contributed by atoms with Crippen molar-refractivity contribution in [3.05, 3.63) is 16.7 Å². The summed E-state index contributed by atoms with van der Waals surface area (Å²) in [6.07, 6.45) is 0. The molecular formula is C10H12ClNO3. The van der Waals surface area contributed by atoms with E-state index in [-0.39, 0.29) is 17.6 Å². The summed E-state index contributed by atoms with van der Waals surface area (Å²) in [6.45, 7) is 3.67. The molecule has 1 heterocycles. The van der Waals surface area contributed by atoms with Gasteiger partial charge in [0.15, 0.2) is 11.5 Å². The number of halogens is 1. The van der Waals surface area contributed by atoms with E-state index in [1.54, 1.807) is 19.9 Å². The second-order valence-corrected chi connectivity index (χ2v) is 4.42. The standard InChI is InChI=1S/C10H12ClNO3/c1-10(2,12)5-3-6-9(15-4-14-6)7(11)8(5)13/h3,13H,4,12H2,1-2H3. The minimum atomic E-state index is -0.686. The first-order chi connectivity index (χ1) is 6.91. The Hall–Kier alpha value is -1.13. The van der Waals surface area contributed by atoms with Gasteiger partial charge in [0.25, 0.3) is 0 Å². The monoisotopic (exact) mass is 229 g/mol. The molecule has 0 unspecified atom stereocenters. The van der Waals surface area contributed by atoms with E-state index in [0.717, 1.165) is 0 Å². The van der Waals surface area contributed by atoms with Crippen LogP contribution in [0.5, 0.6) is 17.2 Å². The van der Waals surface area contributed by atoms with Crippen LogP contribution in [0.1, 0.15) is 19.4 Å². The molecule has 0 aliphatic carbocycles. The number of phenolic OH excluding ortho intramolecular Hbond substituents is 1. The van der Waals surface area contributed by atoms with Gasteiger partial charge in [-0.2, -0.15) is 0 Å². The number of hydrogen-bond donors (Lipinski definition) is 2. The summed E-state index contributed by atoms with van der Waals surface area (Å²) in [7, 11) is 0. The van der Waals surface area contributed by atoms with Gasteiger partial charge in [-0.05, 0) is 19.9 Å². The van der Waals surface area contributed by atoms with E-state index in [1.165, 1.54) is 0 Å². The molecule has 4 nitrogen and oxygen atoms in total. The fourth-order valence-electron chi connectivity index (χ4n) is 1.48. The van der Waals surface area contributed by atoms with Gasteiger partial charge in [0.05, 0.1) is 0 Å². The second-order valence-electron chi connectivity index (χ2n) is 4.04. The van der Waals surface area contributed by atoms with Crippen LogP contribution in [0.4, 0.5) is 0 Å². The van der Waals surface area contributed by atoms with Crippen molar-refractivity contribution in [3.8, 4) is 17.2 Å². The maximum Gasteiger partial charge on any atom is 0.231 e. The Morgan fingerprint density at radius 2 is 2.13 bits per heavy atom. The van der Waals surface area contributed by atoms with Gasteiger partial charge in [-0.3, -0.25) is 0 Å². The maximum atomic E-state index is 9.85. The minimum Gasteiger partial charge on any atom is -0.506 e. The number of rotatable bonds is 1. The molecule has 0 atom stereocenters. The average molecular weight is 230 g/mol. The summed E-state index contributed by atoms with van der Waals surface area (Å²) < 4.78 is 10.3. The van der Waals surface area contributed by atoms with E-state index in [1.807, 2.05) is 0 Å². The molecule has 2 rings (SSSR count). The molecule has 5 heteroatoms. The molecule has 0 spiro atoms. The van der Waals surface area contributed by atoms with Crippen molar-refractivity contribution in [3.63, 3.8) is 0 Å². The van der Waals surface area contributed by atoms with Crippen molar-refractivity contribution >= 4 is 11.6 Å². The molecule has 3 N–H and O–H groups in total. The van der Waals surface area contributed by atoms with Crippen LogP contribution in [-0.2, 0) is 5.54 Å². The molecule has 0 bridgehead atoms. The van der Waals surface area contributed by atoms with Crippen LogP contribution in [0.25, 0.3) is 0 Å². The highest BCUT2D eigenvalue weighted by Gasteiger charge is 2.28. The number of fused-ring (bicyclic) bond motifs is 1. The molecule has 15 heavy (non-hydrogen) atoms. The molecule has 1 aliphatic rings. The van der Waals surface area contributed by atoms with Crippen molar-refractivity contribution < 1.29 is 14.6 Å². The molecule has 0 amide bonds. The third kappa shape index (κ3) is 1.60. The van der Waals surface area contributed by atoms with Crippen molar-refractivity contribution in [1.29, 1.82) is 0 Å². The summed E-state index contributed by atoms with van der Waals surface area (Å²) in [5.74, 6) is 0.849. The molecule has 0 radical (unpaired) electrons. The highest BCUT2D eigenvalue weighted by atomic mass is 35.5. The Bertz CT molecular complexity index is 412. The molecule has 0 aromatic heterocycles. The summed E-state index contributed by atoms with van der Waals surface area (Å²) >= 11 is 5.94. The first-order valence-corrected chi connectivity index (χ1v) is 4.89. The fourth-order valence-corrected chi connectivity index (χ4v) is 1.73. The van der Waals surface area contributed by atoms with E-state index in [0.29, 0.717) is 17.1 Å². The van der Waals surface area contributed by atoms with Crippen molar-refractivity contribution in [2.45, 2.75) is 19.4 Å². The van der Waals surface area contributed by atoms with E-state index in [9.17, 15) is 5.11 Å². The Balaban J connectivity index is 2.64. The molecule has 0 fully saturated rings. The van der Waals surface area contributed by atoms with E-state index in [2.05, 4.69) is 0 Å². The highest BCUT2D eigenvalue weighted by molar-refractivity contribution is 6.34. The molecule has 1 aromatic carbocycles. The third-order valence-corrected chi connectivity index (χ3v) is 2.62. The zero-order valence-corrected chi connectivity index (χ0v) is 9.26. The average Bonchev–Trinajstić information content (AvgIpc) is 2.57. The normalized spacial score (nSPS) is 14.4. The van der Waals surface area contributed by atoms with E-state index < -0.39 is 5.54 Å². The number of benzene rings is 1. The predicted octanol–water partition coefficient (Wildman–Crippen LogP) is 1.97. The molecule has 1 aliphatic heterocycles. The molecule has 1 aromatic rings.